The van der Waals surface area contributed by atoms with Crippen LogP contribution in [0, 0.1) is 16.7 Å². The van der Waals surface area contributed by atoms with Gasteiger partial charge in [0.25, 0.3) is 0 Å². The fourth-order valence-corrected chi connectivity index (χ4v) is 3.70. The zero-order valence-electron chi connectivity index (χ0n) is 12.0. The molecule has 2 amide bonds. The maximum atomic E-state index is 12.9. The molecule has 0 radical (unpaired) electrons. The fraction of sp³-hybridized carbons (Fsp3) is 0.500. The van der Waals surface area contributed by atoms with Crippen molar-refractivity contribution in [1.29, 1.82) is 0 Å². The number of phenolic OH excluding ortho intramolecular Hbond substituents is 1. The molecule has 3 rings (SSSR count). The highest BCUT2D eigenvalue weighted by Gasteiger charge is 2.64. The van der Waals surface area contributed by atoms with Crippen LogP contribution in [0.3, 0.4) is 0 Å². The lowest BCUT2D eigenvalue weighted by molar-refractivity contribution is -0.146. The third-order valence-electron chi connectivity index (χ3n) is 5.54. The van der Waals surface area contributed by atoms with Crippen molar-refractivity contribution in [3.8, 4) is 5.75 Å². The number of hydrogen-bond donors (Lipinski definition) is 1. The molecular weight excluding hydrogens is 254 g/mol. The summed E-state index contributed by atoms with van der Waals surface area (Å²) in [7, 11) is 0. The molecule has 106 valence electrons. The second-order valence-electron chi connectivity index (χ2n) is 6.61. The number of piperidine rings is 1. The molecule has 2 aliphatic rings. The predicted octanol–water partition coefficient (Wildman–Crippen LogP) is 2.71. The van der Waals surface area contributed by atoms with E-state index < -0.39 is 5.41 Å². The Balaban J connectivity index is 2.15. The number of benzene rings is 1. The van der Waals surface area contributed by atoms with E-state index in [1.807, 2.05) is 20.8 Å². The molecule has 2 atom stereocenters. The van der Waals surface area contributed by atoms with Crippen molar-refractivity contribution >= 4 is 17.5 Å². The Morgan fingerprint density at radius 3 is 2.50 bits per heavy atom. The molecule has 4 nitrogen and oxygen atoms in total. The lowest BCUT2D eigenvalue weighted by Crippen LogP contribution is -2.59. The number of imide groups is 1. The van der Waals surface area contributed by atoms with Gasteiger partial charge in [0.05, 0.1) is 11.1 Å². The predicted molar refractivity (Wildman–Crippen MR) is 75.2 cm³/mol. The highest BCUT2D eigenvalue weighted by molar-refractivity contribution is 6.21. The number of aromatic hydroxyl groups is 1. The summed E-state index contributed by atoms with van der Waals surface area (Å²) in [5, 5.41) is 9.96. The molecular formula is C16H19NO3. The van der Waals surface area contributed by atoms with Crippen molar-refractivity contribution in [2.75, 3.05) is 4.90 Å². The van der Waals surface area contributed by atoms with Crippen LogP contribution in [-0.4, -0.2) is 16.9 Å². The van der Waals surface area contributed by atoms with Crippen LogP contribution in [0.2, 0.25) is 0 Å². The first-order valence-electron chi connectivity index (χ1n) is 6.97. The van der Waals surface area contributed by atoms with Gasteiger partial charge in [-0.25, -0.2) is 4.90 Å². The van der Waals surface area contributed by atoms with Gasteiger partial charge in [0.1, 0.15) is 5.75 Å². The molecule has 2 bridgehead atoms. The molecule has 1 aromatic carbocycles. The van der Waals surface area contributed by atoms with E-state index in [1.54, 1.807) is 18.2 Å². The van der Waals surface area contributed by atoms with E-state index in [2.05, 4.69) is 0 Å². The summed E-state index contributed by atoms with van der Waals surface area (Å²) in [5.41, 5.74) is -0.577. The van der Waals surface area contributed by atoms with Crippen molar-refractivity contribution in [1.82, 2.24) is 0 Å². The molecule has 1 aromatic rings. The average molecular weight is 273 g/mol. The number of nitrogens with zero attached hydrogens (tertiary/aromatic N) is 1. The van der Waals surface area contributed by atoms with E-state index >= 15 is 0 Å². The van der Waals surface area contributed by atoms with Crippen LogP contribution in [-0.2, 0) is 9.59 Å². The van der Waals surface area contributed by atoms with Gasteiger partial charge in [-0.05, 0) is 30.4 Å². The van der Waals surface area contributed by atoms with Crippen molar-refractivity contribution < 1.29 is 14.7 Å². The summed E-state index contributed by atoms with van der Waals surface area (Å²) < 4.78 is 0. The SMILES string of the molecule is CC1(C)[C@@H]2CC[C@]1(C)C(=O)N(c1ccccc1O)C2=O. The summed E-state index contributed by atoms with van der Waals surface area (Å²) >= 11 is 0. The van der Waals surface area contributed by atoms with Crippen molar-refractivity contribution in [3.63, 3.8) is 0 Å². The van der Waals surface area contributed by atoms with Gasteiger partial charge in [-0.3, -0.25) is 9.59 Å². The number of fused-ring (bicyclic) bond motifs is 2. The third kappa shape index (κ3) is 1.37. The van der Waals surface area contributed by atoms with E-state index in [-0.39, 0.29) is 28.9 Å². The number of carbonyl (C=O) groups is 2. The lowest BCUT2D eigenvalue weighted by atomic mass is 9.62. The zero-order valence-corrected chi connectivity index (χ0v) is 12.0. The van der Waals surface area contributed by atoms with E-state index in [0.29, 0.717) is 5.69 Å². The quantitative estimate of drug-likeness (QED) is 0.800. The topological polar surface area (TPSA) is 57.6 Å². The minimum atomic E-state index is -0.548. The van der Waals surface area contributed by atoms with E-state index in [0.717, 1.165) is 12.8 Å². The molecule has 2 fully saturated rings. The number of rotatable bonds is 1. The summed E-state index contributed by atoms with van der Waals surface area (Å²) in [4.78, 5) is 26.8. The number of para-hydroxylation sites is 2. The lowest BCUT2D eigenvalue weighted by Gasteiger charge is -2.47. The van der Waals surface area contributed by atoms with Crippen LogP contribution in [0.5, 0.6) is 5.75 Å². The molecule has 1 saturated heterocycles. The second kappa shape index (κ2) is 3.84. The van der Waals surface area contributed by atoms with E-state index in [9.17, 15) is 14.7 Å². The molecule has 20 heavy (non-hydrogen) atoms. The standard InChI is InChI=1S/C16H19NO3/c1-15(2)10-8-9-16(15,3)14(20)17(13(10)19)11-6-4-5-7-12(11)18/h4-7,10,18H,8-9H2,1-3H3/t10-,16-/m1/s1. The molecule has 1 aliphatic carbocycles. The number of amides is 2. The van der Waals surface area contributed by atoms with Crippen LogP contribution in [0.4, 0.5) is 5.69 Å². The first-order valence-corrected chi connectivity index (χ1v) is 6.97. The van der Waals surface area contributed by atoms with E-state index in [4.69, 9.17) is 0 Å². The van der Waals surface area contributed by atoms with Gasteiger partial charge in [-0.15, -0.1) is 0 Å². The van der Waals surface area contributed by atoms with Crippen LogP contribution in [0.15, 0.2) is 24.3 Å². The van der Waals surface area contributed by atoms with Crippen molar-refractivity contribution in [2.24, 2.45) is 16.7 Å². The Labute approximate surface area is 118 Å². The van der Waals surface area contributed by atoms with Gasteiger partial charge in [0, 0.05) is 5.92 Å². The summed E-state index contributed by atoms with van der Waals surface area (Å²) in [5.74, 6) is -0.569. The first-order chi connectivity index (χ1) is 9.30. The number of hydrogen-bond acceptors (Lipinski definition) is 3. The summed E-state index contributed by atoms with van der Waals surface area (Å²) in [6, 6.07) is 6.52. The van der Waals surface area contributed by atoms with Gasteiger partial charge >= 0.3 is 0 Å². The van der Waals surface area contributed by atoms with Gasteiger partial charge in [0.2, 0.25) is 11.8 Å². The Kier molecular flexibility index (Phi) is 2.53. The summed E-state index contributed by atoms with van der Waals surface area (Å²) in [6.07, 6.45) is 1.46. The number of carbonyl (C=O) groups excluding carboxylic acids is 2. The van der Waals surface area contributed by atoms with Crippen molar-refractivity contribution in [2.45, 2.75) is 33.6 Å². The maximum Gasteiger partial charge on any atom is 0.240 e. The van der Waals surface area contributed by atoms with Gasteiger partial charge in [0.15, 0.2) is 0 Å². The molecule has 0 aromatic heterocycles. The van der Waals surface area contributed by atoms with Crippen molar-refractivity contribution in [3.05, 3.63) is 24.3 Å². The largest absolute Gasteiger partial charge is 0.506 e. The van der Waals surface area contributed by atoms with E-state index in [1.165, 1.54) is 11.0 Å². The fourth-order valence-electron chi connectivity index (χ4n) is 3.70. The number of anilines is 1. The Morgan fingerprint density at radius 2 is 1.85 bits per heavy atom. The third-order valence-corrected chi connectivity index (χ3v) is 5.54. The van der Waals surface area contributed by atoms with Crippen LogP contribution in [0.25, 0.3) is 0 Å². The monoisotopic (exact) mass is 273 g/mol. The van der Waals surface area contributed by atoms with Crippen LogP contribution >= 0.6 is 0 Å². The van der Waals surface area contributed by atoms with Crippen LogP contribution < -0.4 is 4.90 Å². The zero-order chi connectivity index (χ0) is 14.7. The molecule has 4 heteroatoms. The first kappa shape index (κ1) is 13.2. The normalized spacial score (nSPS) is 31.8. The second-order valence-corrected chi connectivity index (χ2v) is 6.61. The molecule has 1 heterocycles. The number of phenols is 1. The minimum absolute atomic E-state index is 0.0306. The highest BCUT2D eigenvalue weighted by Crippen LogP contribution is 2.60. The average Bonchev–Trinajstić information content (AvgIpc) is 2.57. The maximum absolute atomic E-state index is 12.9. The molecule has 0 unspecified atom stereocenters. The Morgan fingerprint density at radius 1 is 1.20 bits per heavy atom. The smallest absolute Gasteiger partial charge is 0.240 e. The Bertz CT molecular complexity index is 607. The highest BCUT2D eigenvalue weighted by atomic mass is 16.3. The van der Waals surface area contributed by atoms with Gasteiger partial charge in [-0.2, -0.15) is 0 Å². The minimum Gasteiger partial charge on any atom is -0.506 e. The van der Waals surface area contributed by atoms with Gasteiger partial charge in [-0.1, -0.05) is 32.9 Å². The summed E-state index contributed by atoms with van der Waals surface area (Å²) in [6.45, 7) is 5.94. The molecule has 0 spiro atoms. The molecule has 1 saturated carbocycles. The molecule has 1 N–H and O–H groups in total. The molecule has 1 aliphatic heterocycles. The van der Waals surface area contributed by atoms with Gasteiger partial charge < -0.3 is 5.11 Å². The van der Waals surface area contributed by atoms with Crippen LogP contribution in [0.1, 0.15) is 33.6 Å². The Hall–Kier alpha value is -1.84.